The molecule has 0 amide bonds. The third-order valence-corrected chi connectivity index (χ3v) is 8.71. The summed E-state index contributed by atoms with van der Waals surface area (Å²) in [7, 11) is 1.55. The number of carbonyl (C=O) groups is 3. The van der Waals surface area contributed by atoms with Gasteiger partial charge in [0.2, 0.25) is 5.36 Å². The fraction of sp³-hybridized carbons (Fsp3) is 0.341. The first-order valence-corrected chi connectivity index (χ1v) is 18.8. The van der Waals surface area contributed by atoms with E-state index in [-0.39, 0.29) is 47.9 Å². The Morgan fingerprint density at radius 1 is 0.845 bits per heavy atom. The van der Waals surface area contributed by atoms with Crippen LogP contribution in [0.2, 0.25) is 0 Å². The minimum atomic E-state index is -1.09. The van der Waals surface area contributed by atoms with Crippen molar-refractivity contribution in [2.45, 2.75) is 41.5 Å². The SMILES string of the molecule is C#C.C=C(C)C(=O)OCCOC.C=C(C)C(=O)OCCOC(=S)Nc1cccc(C(=O)O)c1-c1c2ccc(=[N+](CC)CC)cc-2oc2cc(N(CC)CC)ccc12.[Cl-]. The molecule has 2 N–H and O–H groups in total. The number of ether oxygens (including phenoxy) is 4. The Morgan fingerprint density at radius 2 is 1.43 bits per heavy atom. The summed E-state index contributed by atoms with van der Waals surface area (Å²) in [6.07, 6.45) is 8.00. The van der Waals surface area contributed by atoms with Gasteiger partial charge in [0, 0.05) is 71.2 Å². The fourth-order valence-electron chi connectivity index (χ4n) is 5.69. The van der Waals surface area contributed by atoms with E-state index in [9.17, 15) is 19.5 Å². The summed E-state index contributed by atoms with van der Waals surface area (Å²) in [6.45, 7) is 22.6. The van der Waals surface area contributed by atoms with Gasteiger partial charge in [-0.2, -0.15) is 0 Å². The molecule has 2 aliphatic rings. The Kier molecular flexibility index (Phi) is 22.2. The summed E-state index contributed by atoms with van der Waals surface area (Å²) in [5.41, 5.74) is 4.77. The molecular formula is C44H54ClN3O9S. The lowest BCUT2D eigenvalue weighted by atomic mass is 9.89. The Balaban J connectivity index is 0.00000113. The van der Waals surface area contributed by atoms with E-state index in [4.69, 9.17) is 26.1 Å². The molecule has 2 aromatic rings. The highest BCUT2D eigenvalue weighted by Gasteiger charge is 2.26. The average Bonchev–Trinajstić information content (AvgIpc) is 3.20. The van der Waals surface area contributed by atoms with Gasteiger partial charge in [0.15, 0.2) is 0 Å². The molecule has 4 rings (SSSR count). The number of carboxylic acids is 1. The number of fused-ring (bicyclic) bond motifs is 2. The van der Waals surface area contributed by atoms with Crippen LogP contribution in [-0.4, -0.2) is 87.9 Å². The predicted octanol–water partition coefficient (Wildman–Crippen LogP) is 4.40. The minimum Gasteiger partial charge on any atom is -1.00 e. The molecule has 0 saturated carbocycles. The molecule has 14 heteroatoms. The molecule has 0 aromatic heterocycles. The van der Waals surface area contributed by atoms with Gasteiger partial charge in [0.05, 0.1) is 23.9 Å². The van der Waals surface area contributed by atoms with Crippen LogP contribution in [-0.2, 0) is 28.5 Å². The van der Waals surface area contributed by atoms with Crippen LogP contribution in [0.5, 0.6) is 0 Å². The number of anilines is 2. The molecule has 0 radical (unpaired) electrons. The third-order valence-electron chi connectivity index (χ3n) is 8.49. The molecule has 0 unspecified atom stereocenters. The van der Waals surface area contributed by atoms with Gasteiger partial charge >= 0.3 is 17.9 Å². The molecule has 58 heavy (non-hydrogen) atoms. The van der Waals surface area contributed by atoms with E-state index >= 15 is 0 Å². The van der Waals surface area contributed by atoms with Gasteiger partial charge in [-0.1, -0.05) is 19.2 Å². The Bertz CT molecular complexity index is 2120. The lowest BCUT2D eigenvalue weighted by Crippen LogP contribution is -3.00. The largest absolute Gasteiger partial charge is 1.00 e. The quantitative estimate of drug-likeness (QED) is 0.0315. The zero-order valence-electron chi connectivity index (χ0n) is 34.3. The van der Waals surface area contributed by atoms with Crippen molar-refractivity contribution in [1.29, 1.82) is 0 Å². The highest BCUT2D eigenvalue weighted by Crippen LogP contribution is 2.45. The van der Waals surface area contributed by atoms with Gasteiger partial charge < -0.3 is 51.1 Å². The molecule has 0 atom stereocenters. The smallest absolute Gasteiger partial charge is 0.336 e. The molecule has 0 spiro atoms. The summed E-state index contributed by atoms with van der Waals surface area (Å²) in [6, 6.07) is 17.0. The minimum absolute atomic E-state index is 0. The second-order valence-corrected chi connectivity index (χ2v) is 12.7. The second kappa shape index (κ2) is 25.5. The Morgan fingerprint density at radius 3 is 1.97 bits per heavy atom. The number of carboxylic acid groups (broad SMARTS) is 1. The van der Waals surface area contributed by atoms with Crippen LogP contribution in [0.4, 0.5) is 11.4 Å². The number of hydrogen-bond acceptors (Lipinski definition) is 10. The van der Waals surface area contributed by atoms with E-state index in [1.165, 1.54) is 0 Å². The van der Waals surface area contributed by atoms with Crippen LogP contribution in [0.1, 0.15) is 51.9 Å². The van der Waals surface area contributed by atoms with Crippen molar-refractivity contribution in [2.24, 2.45) is 0 Å². The highest BCUT2D eigenvalue weighted by molar-refractivity contribution is 7.80. The lowest BCUT2D eigenvalue weighted by Gasteiger charge is -2.23. The number of nitrogens with one attached hydrogen (secondary N) is 1. The van der Waals surface area contributed by atoms with Crippen LogP contribution < -0.4 is 32.6 Å². The first kappa shape index (κ1) is 50.3. The number of esters is 2. The van der Waals surface area contributed by atoms with Gasteiger partial charge in [-0.15, -0.1) is 12.8 Å². The molecule has 12 nitrogen and oxygen atoms in total. The van der Waals surface area contributed by atoms with Crippen molar-refractivity contribution in [1.82, 2.24) is 4.58 Å². The van der Waals surface area contributed by atoms with Crippen LogP contribution in [0.3, 0.4) is 0 Å². The topological polar surface area (TPSA) is 140 Å². The number of methoxy groups -OCH3 is 1. The monoisotopic (exact) mass is 835 g/mol. The van der Waals surface area contributed by atoms with E-state index < -0.39 is 11.9 Å². The molecule has 2 aromatic carbocycles. The maximum atomic E-state index is 12.7. The zero-order valence-corrected chi connectivity index (χ0v) is 35.9. The third kappa shape index (κ3) is 13.8. The van der Waals surface area contributed by atoms with E-state index in [0.717, 1.165) is 48.2 Å². The Labute approximate surface area is 352 Å². The second-order valence-electron chi connectivity index (χ2n) is 12.3. The number of benzene rings is 3. The number of thiocarbonyl (C=S) groups is 1. The molecule has 1 heterocycles. The summed E-state index contributed by atoms with van der Waals surface area (Å²) in [5, 5.41) is 15.2. The normalized spacial score (nSPS) is 10.0. The van der Waals surface area contributed by atoms with Crippen molar-refractivity contribution in [2.75, 3.05) is 69.9 Å². The standard InChI is InChI=1S/C35H39N3O6S.C7H12O3.C2H2.ClH/c1-7-37(8-2)23-14-16-25-29(20-23)44-30-21-24(38(9-3)10-4)15-17-26(30)31(25)32-27(33(39)40)12-11-13-28(32)36-35(45)43-19-18-42-34(41)22(5)6;1-6(2)7(8)10-5-4-9-3;1-2;/h11-17,20-21H,5,7-10,18-19H2,1-4,6H3,(H,39,40);1,4-5H2,2-3H3;1-2H;1H. The van der Waals surface area contributed by atoms with Crippen LogP contribution in [0, 0.1) is 12.8 Å². The summed E-state index contributed by atoms with van der Waals surface area (Å²) >= 11 is 5.45. The number of halogens is 1. The van der Waals surface area contributed by atoms with E-state index in [1.54, 1.807) is 39.2 Å². The highest BCUT2D eigenvalue weighted by atomic mass is 35.5. The molecule has 0 saturated heterocycles. The number of hydrogen-bond donors (Lipinski definition) is 2. The molecule has 0 bridgehead atoms. The Hall–Kier alpha value is -5.68. The van der Waals surface area contributed by atoms with Crippen LogP contribution in [0.15, 0.2) is 83.3 Å². The van der Waals surface area contributed by atoms with E-state index in [0.29, 0.717) is 46.9 Å². The van der Waals surface area contributed by atoms with Gasteiger partial charge in [-0.05, 0) is 84.1 Å². The van der Waals surface area contributed by atoms with Crippen LogP contribution in [0.25, 0.3) is 33.4 Å². The molecular weight excluding hydrogens is 782 g/mol. The summed E-state index contributed by atoms with van der Waals surface area (Å²) in [4.78, 5) is 37.2. The number of rotatable bonds is 16. The van der Waals surface area contributed by atoms with E-state index in [1.807, 2.05) is 36.4 Å². The van der Waals surface area contributed by atoms with Gasteiger partial charge in [-0.3, -0.25) is 0 Å². The van der Waals surface area contributed by atoms with Gasteiger partial charge in [0.25, 0.3) is 5.17 Å². The van der Waals surface area contributed by atoms with Gasteiger partial charge in [-0.25, -0.2) is 19.0 Å². The first-order valence-electron chi connectivity index (χ1n) is 18.4. The van der Waals surface area contributed by atoms with Crippen LogP contribution >= 0.6 is 12.2 Å². The number of terminal acetylenes is 1. The molecule has 1 aliphatic carbocycles. The lowest BCUT2D eigenvalue weighted by molar-refractivity contribution is -0.140. The maximum absolute atomic E-state index is 12.7. The first-order chi connectivity index (χ1) is 27.3. The van der Waals surface area contributed by atoms with Crippen molar-refractivity contribution in [3.05, 3.63) is 89.8 Å². The molecule has 312 valence electrons. The van der Waals surface area contributed by atoms with Crippen molar-refractivity contribution in [3.8, 4) is 35.3 Å². The number of carbonyl (C=O) groups excluding carboxylic acids is 2. The number of aromatic carboxylic acids is 1. The van der Waals surface area contributed by atoms with Crippen molar-refractivity contribution < 1.29 is 55.3 Å². The van der Waals surface area contributed by atoms with Gasteiger partial charge in [0.1, 0.15) is 44.3 Å². The predicted molar refractivity (Wildman–Crippen MR) is 231 cm³/mol. The number of nitrogens with zero attached hydrogens (tertiary/aromatic N) is 2. The maximum Gasteiger partial charge on any atom is 0.336 e. The van der Waals surface area contributed by atoms with E-state index in [2.05, 4.69) is 78.0 Å². The summed E-state index contributed by atoms with van der Waals surface area (Å²) in [5.74, 6) is -1.34. The molecule has 0 fully saturated rings. The average molecular weight is 836 g/mol. The molecule has 1 aliphatic heterocycles. The summed E-state index contributed by atoms with van der Waals surface area (Å²) < 4.78 is 28.8. The van der Waals surface area contributed by atoms with Crippen molar-refractivity contribution >= 4 is 57.6 Å². The van der Waals surface area contributed by atoms with Crippen molar-refractivity contribution in [3.63, 3.8) is 0 Å². The fourth-order valence-corrected chi connectivity index (χ4v) is 5.88. The zero-order chi connectivity index (χ0) is 42.7.